The molecule has 0 radical (unpaired) electrons. The summed E-state index contributed by atoms with van der Waals surface area (Å²) in [6.45, 7) is 3.30. The highest BCUT2D eigenvalue weighted by Crippen LogP contribution is 2.40. The molecule has 0 aliphatic carbocycles. The van der Waals surface area contributed by atoms with E-state index in [4.69, 9.17) is 0 Å². The number of anilines is 1. The molecule has 1 aromatic carbocycles. The second kappa shape index (κ2) is 6.20. The number of carbonyl (C=O) groups excluding carboxylic acids is 2. The van der Waals surface area contributed by atoms with Crippen molar-refractivity contribution in [3.63, 3.8) is 0 Å². The van der Waals surface area contributed by atoms with Gasteiger partial charge >= 0.3 is 0 Å². The van der Waals surface area contributed by atoms with Crippen molar-refractivity contribution in [2.24, 2.45) is 0 Å². The number of nitrogens with zero attached hydrogens (tertiary/aromatic N) is 2. The van der Waals surface area contributed by atoms with Crippen molar-refractivity contribution >= 4 is 33.4 Å². The molecule has 1 unspecified atom stereocenters. The Bertz CT molecular complexity index is 842. The minimum atomic E-state index is -0.690. The molecular weight excluding hydrogens is 372 g/mol. The number of amides is 1. The lowest BCUT2D eigenvalue weighted by molar-refractivity contribution is -0.117. The molecule has 0 saturated heterocycles. The smallest absolute Gasteiger partial charge is 0.295 e. The average molecular weight is 387 g/mol. The highest BCUT2D eigenvalue weighted by molar-refractivity contribution is 9.10. The molecule has 1 amide bonds. The summed E-state index contributed by atoms with van der Waals surface area (Å²) < 4.78 is 0.772. The Morgan fingerprint density at radius 1 is 1.21 bits per heavy atom. The van der Waals surface area contributed by atoms with Gasteiger partial charge in [-0.1, -0.05) is 29.8 Å². The topological polar surface area (TPSA) is 70.5 Å². The van der Waals surface area contributed by atoms with E-state index in [2.05, 4.69) is 20.9 Å². The number of halogens is 1. The fraction of sp³-hybridized carbons (Fsp3) is 0.167. The molecule has 122 valence electrons. The summed E-state index contributed by atoms with van der Waals surface area (Å²) >= 11 is 3.30. The summed E-state index contributed by atoms with van der Waals surface area (Å²) in [7, 11) is 0. The quantitative estimate of drug-likeness (QED) is 0.873. The van der Waals surface area contributed by atoms with E-state index < -0.39 is 17.7 Å². The zero-order valence-corrected chi connectivity index (χ0v) is 14.7. The SMILES string of the molecule is CC(=O)C1=C(O)C(=O)N(c2ccc(Br)cn2)C1c1ccc(C)cc1. The van der Waals surface area contributed by atoms with E-state index in [9.17, 15) is 14.7 Å². The molecule has 1 aliphatic rings. The number of ketones is 1. The van der Waals surface area contributed by atoms with Crippen LogP contribution in [-0.2, 0) is 9.59 Å². The van der Waals surface area contributed by atoms with Gasteiger partial charge in [-0.2, -0.15) is 0 Å². The summed E-state index contributed by atoms with van der Waals surface area (Å²) in [5.74, 6) is -1.11. The van der Waals surface area contributed by atoms with Crippen LogP contribution < -0.4 is 4.90 Å². The molecule has 2 heterocycles. The first-order valence-electron chi connectivity index (χ1n) is 7.36. The van der Waals surface area contributed by atoms with Crippen LogP contribution in [0.1, 0.15) is 24.1 Å². The number of pyridine rings is 1. The maximum atomic E-state index is 12.6. The molecule has 24 heavy (non-hydrogen) atoms. The van der Waals surface area contributed by atoms with E-state index in [1.54, 1.807) is 18.3 Å². The summed E-state index contributed by atoms with van der Waals surface area (Å²) in [5, 5.41) is 10.2. The van der Waals surface area contributed by atoms with Gasteiger partial charge in [-0.3, -0.25) is 14.5 Å². The number of aliphatic hydroxyl groups excluding tert-OH is 1. The second-order valence-corrected chi connectivity index (χ2v) is 6.56. The third-order valence-corrected chi connectivity index (χ3v) is 4.41. The van der Waals surface area contributed by atoms with Crippen LogP contribution in [0.4, 0.5) is 5.82 Å². The maximum absolute atomic E-state index is 12.6. The summed E-state index contributed by atoms with van der Waals surface area (Å²) in [5.41, 5.74) is 1.90. The predicted octanol–water partition coefficient (Wildman–Crippen LogP) is 3.64. The average Bonchev–Trinajstić information content (AvgIpc) is 2.81. The number of hydrogen-bond donors (Lipinski definition) is 1. The van der Waals surface area contributed by atoms with Crippen LogP contribution in [0.25, 0.3) is 0 Å². The highest BCUT2D eigenvalue weighted by atomic mass is 79.9. The third-order valence-electron chi connectivity index (χ3n) is 3.94. The van der Waals surface area contributed by atoms with Gasteiger partial charge in [0.05, 0.1) is 11.6 Å². The standard InChI is InChI=1S/C18H15BrN2O3/c1-10-3-5-12(6-4-10)16-15(11(2)22)17(23)18(24)21(16)14-8-7-13(19)9-20-14/h3-9,16,23H,1-2H3. The van der Waals surface area contributed by atoms with Gasteiger partial charge in [-0.05, 0) is 47.5 Å². The Hall–Kier alpha value is -2.47. The Labute approximate surface area is 147 Å². The van der Waals surface area contributed by atoms with Crippen LogP contribution >= 0.6 is 15.9 Å². The second-order valence-electron chi connectivity index (χ2n) is 5.64. The van der Waals surface area contributed by atoms with Gasteiger partial charge in [0.15, 0.2) is 11.5 Å². The van der Waals surface area contributed by atoms with Gasteiger partial charge in [0, 0.05) is 10.7 Å². The normalized spacial score (nSPS) is 17.5. The van der Waals surface area contributed by atoms with Crippen molar-refractivity contribution in [2.45, 2.75) is 19.9 Å². The molecule has 1 atom stereocenters. The summed E-state index contributed by atoms with van der Waals surface area (Å²) in [6.07, 6.45) is 1.57. The van der Waals surface area contributed by atoms with Crippen molar-refractivity contribution in [3.8, 4) is 0 Å². The molecular formula is C18H15BrN2O3. The zero-order valence-electron chi connectivity index (χ0n) is 13.2. The van der Waals surface area contributed by atoms with Crippen molar-refractivity contribution in [2.75, 3.05) is 4.90 Å². The van der Waals surface area contributed by atoms with Crippen molar-refractivity contribution in [1.82, 2.24) is 4.98 Å². The van der Waals surface area contributed by atoms with Crippen molar-refractivity contribution < 1.29 is 14.7 Å². The number of aliphatic hydroxyl groups is 1. The van der Waals surface area contributed by atoms with Crippen LogP contribution in [0, 0.1) is 6.92 Å². The molecule has 0 bridgehead atoms. The molecule has 0 saturated carbocycles. The molecule has 1 N–H and O–H groups in total. The molecule has 3 rings (SSSR count). The first kappa shape index (κ1) is 16.4. The minimum Gasteiger partial charge on any atom is -0.503 e. The van der Waals surface area contributed by atoms with Crippen LogP contribution in [0.2, 0.25) is 0 Å². The molecule has 1 aromatic heterocycles. The Morgan fingerprint density at radius 2 is 1.88 bits per heavy atom. The lowest BCUT2D eigenvalue weighted by Crippen LogP contribution is -2.31. The predicted molar refractivity (Wildman–Crippen MR) is 93.7 cm³/mol. The van der Waals surface area contributed by atoms with Gasteiger partial charge in [0.1, 0.15) is 5.82 Å². The van der Waals surface area contributed by atoms with Crippen LogP contribution in [0.3, 0.4) is 0 Å². The number of rotatable bonds is 3. The molecule has 2 aromatic rings. The number of aryl methyl sites for hydroxylation is 1. The Balaban J connectivity index is 2.16. The van der Waals surface area contributed by atoms with Gasteiger partial charge in [0.25, 0.3) is 5.91 Å². The van der Waals surface area contributed by atoms with E-state index in [1.165, 1.54) is 11.8 Å². The lowest BCUT2D eigenvalue weighted by atomic mass is 9.96. The first-order valence-corrected chi connectivity index (χ1v) is 8.15. The minimum absolute atomic E-state index is 0.0913. The van der Waals surface area contributed by atoms with E-state index in [0.717, 1.165) is 15.6 Å². The van der Waals surface area contributed by atoms with Gasteiger partial charge in [0.2, 0.25) is 0 Å². The number of carbonyl (C=O) groups is 2. The molecule has 0 spiro atoms. The molecule has 0 fully saturated rings. The maximum Gasteiger partial charge on any atom is 0.295 e. The number of benzene rings is 1. The largest absolute Gasteiger partial charge is 0.503 e. The summed E-state index contributed by atoms with van der Waals surface area (Å²) in [4.78, 5) is 30.2. The number of aromatic nitrogens is 1. The first-order chi connectivity index (χ1) is 11.4. The zero-order chi connectivity index (χ0) is 17.4. The fourth-order valence-electron chi connectivity index (χ4n) is 2.78. The number of Topliss-reactive ketones (excluding diaryl/α,β-unsaturated/α-hetero) is 1. The van der Waals surface area contributed by atoms with E-state index in [1.807, 2.05) is 31.2 Å². The van der Waals surface area contributed by atoms with Crippen molar-refractivity contribution in [3.05, 3.63) is 69.5 Å². The van der Waals surface area contributed by atoms with E-state index in [-0.39, 0.29) is 11.4 Å². The van der Waals surface area contributed by atoms with Crippen LogP contribution in [0.5, 0.6) is 0 Å². The highest BCUT2D eigenvalue weighted by Gasteiger charge is 2.43. The Kier molecular flexibility index (Phi) is 4.24. The number of hydrogen-bond acceptors (Lipinski definition) is 4. The van der Waals surface area contributed by atoms with E-state index >= 15 is 0 Å². The van der Waals surface area contributed by atoms with Gasteiger partial charge in [-0.25, -0.2) is 4.98 Å². The Morgan fingerprint density at radius 3 is 2.42 bits per heavy atom. The lowest BCUT2D eigenvalue weighted by Gasteiger charge is -2.25. The molecule has 5 nitrogen and oxygen atoms in total. The summed E-state index contributed by atoms with van der Waals surface area (Å²) in [6, 6.07) is 10.2. The third kappa shape index (κ3) is 2.73. The van der Waals surface area contributed by atoms with Crippen LogP contribution in [-0.4, -0.2) is 21.8 Å². The van der Waals surface area contributed by atoms with Gasteiger partial charge < -0.3 is 5.11 Å². The fourth-order valence-corrected chi connectivity index (χ4v) is 3.01. The van der Waals surface area contributed by atoms with Crippen molar-refractivity contribution in [1.29, 1.82) is 0 Å². The molecule has 6 heteroatoms. The monoisotopic (exact) mass is 386 g/mol. The van der Waals surface area contributed by atoms with Crippen LogP contribution in [0.15, 0.2) is 58.4 Å². The van der Waals surface area contributed by atoms with Gasteiger partial charge in [-0.15, -0.1) is 0 Å². The van der Waals surface area contributed by atoms with E-state index in [0.29, 0.717) is 5.82 Å². The molecule has 1 aliphatic heterocycles.